The number of hydrogen-bond donors (Lipinski definition) is 1. The van der Waals surface area contributed by atoms with Crippen LogP contribution in [-0.2, 0) is 11.2 Å². The minimum atomic E-state index is -0.361. The molecular formula is C16H23FN4O. The molecule has 5 nitrogen and oxygen atoms in total. The Labute approximate surface area is 130 Å². The van der Waals surface area contributed by atoms with Gasteiger partial charge in [0.05, 0.1) is 25.1 Å². The average Bonchev–Trinajstić information content (AvgIpc) is 2.66. The monoisotopic (exact) mass is 306 g/mol. The van der Waals surface area contributed by atoms with Gasteiger partial charge in [-0.2, -0.15) is 0 Å². The maximum absolute atomic E-state index is 13.7. The van der Waals surface area contributed by atoms with Crippen molar-refractivity contribution in [3.8, 4) is 0 Å². The van der Waals surface area contributed by atoms with Crippen molar-refractivity contribution in [2.45, 2.75) is 19.3 Å². The Hall–Kier alpha value is -1.53. The predicted molar refractivity (Wildman–Crippen MR) is 82.7 cm³/mol. The van der Waals surface area contributed by atoms with Gasteiger partial charge in [-0.15, -0.1) is 6.58 Å². The van der Waals surface area contributed by atoms with Gasteiger partial charge in [-0.05, 0) is 25.2 Å². The molecule has 0 atom stereocenters. The summed E-state index contributed by atoms with van der Waals surface area (Å²) >= 11 is 0. The van der Waals surface area contributed by atoms with Crippen molar-refractivity contribution < 1.29 is 9.13 Å². The zero-order valence-corrected chi connectivity index (χ0v) is 12.8. The van der Waals surface area contributed by atoms with Crippen molar-refractivity contribution in [2.24, 2.45) is 11.3 Å². The maximum Gasteiger partial charge on any atom is 0.220 e. The summed E-state index contributed by atoms with van der Waals surface area (Å²) in [7, 11) is 0. The summed E-state index contributed by atoms with van der Waals surface area (Å²) in [5.74, 6) is 0.219. The van der Waals surface area contributed by atoms with E-state index in [1.54, 1.807) is 0 Å². The molecule has 2 aliphatic rings. The molecule has 6 heteroatoms. The molecular weight excluding hydrogens is 283 g/mol. The normalized spacial score (nSPS) is 29.0. The molecule has 1 aliphatic carbocycles. The molecule has 1 aromatic heterocycles. The van der Waals surface area contributed by atoms with Gasteiger partial charge in [0.15, 0.2) is 5.82 Å². The number of aromatic nitrogens is 2. The molecule has 0 radical (unpaired) electrons. The van der Waals surface area contributed by atoms with Gasteiger partial charge in [-0.1, -0.05) is 6.08 Å². The van der Waals surface area contributed by atoms with Gasteiger partial charge < -0.3 is 10.5 Å². The van der Waals surface area contributed by atoms with Crippen LogP contribution >= 0.6 is 0 Å². The molecule has 1 aromatic rings. The molecule has 0 unspecified atom stereocenters. The summed E-state index contributed by atoms with van der Waals surface area (Å²) in [6.07, 6.45) is 5.82. The number of hydrogen-bond acceptors (Lipinski definition) is 5. The van der Waals surface area contributed by atoms with Crippen LogP contribution in [0.25, 0.3) is 0 Å². The Kier molecular flexibility index (Phi) is 4.40. The zero-order chi connectivity index (χ0) is 15.6. The number of nitrogens with two attached hydrogens (primary N) is 1. The number of rotatable bonds is 4. The van der Waals surface area contributed by atoms with Gasteiger partial charge in [0.1, 0.15) is 0 Å². The van der Waals surface area contributed by atoms with E-state index in [2.05, 4.69) is 21.4 Å². The van der Waals surface area contributed by atoms with Crippen LogP contribution in [0, 0.1) is 17.2 Å². The van der Waals surface area contributed by atoms with Gasteiger partial charge in [0.2, 0.25) is 5.95 Å². The van der Waals surface area contributed by atoms with E-state index in [9.17, 15) is 4.39 Å². The summed E-state index contributed by atoms with van der Waals surface area (Å²) in [4.78, 5) is 10.1. The second-order valence-corrected chi connectivity index (χ2v) is 6.58. The first-order valence-corrected chi connectivity index (χ1v) is 7.78. The van der Waals surface area contributed by atoms with Crippen molar-refractivity contribution in [3.05, 3.63) is 30.4 Å². The summed E-state index contributed by atoms with van der Waals surface area (Å²) in [6.45, 7) is 8.27. The Morgan fingerprint density at radius 1 is 1.55 bits per heavy atom. The fraction of sp³-hybridized carbons (Fsp3) is 0.625. The van der Waals surface area contributed by atoms with Crippen LogP contribution in [0.2, 0.25) is 0 Å². The minimum Gasteiger partial charge on any atom is -0.379 e. The minimum absolute atomic E-state index is 0.139. The van der Waals surface area contributed by atoms with Crippen LogP contribution in [0.4, 0.5) is 10.3 Å². The first-order valence-electron chi connectivity index (χ1n) is 7.78. The lowest BCUT2D eigenvalue weighted by atomic mass is 9.61. The number of nitrogen functional groups attached to an aromatic ring is 1. The van der Waals surface area contributed by atoms with E-state index in [4.69, 9.17) is 10.5 Å². The van der Waals surface area contributed by atoms with E-state index in [-0.39, 0.29) is 17.2 Å². The van der Waals surface area contributed by atoms with Crippen LogP contribution in [-0.4, -0.2) is 47.7 Å². The molecule has 2 heterocycles. The molecule has 0 aromatic carbocycles. The van der Waals surface area contributed by atoms with Crippen LogP contribution in [0.15, 0.2) is 18.9 Å². The number of halogens is 1. The van der Waals surface area contributed by atoms with Gasteiger partial charge in [0, 0.05) is 25.0 Å². The van der Waals surface area contributed by atoms with Gasteiger partial charge in [-0.3, -0.25) is 4.90 Å². The molecule has 1 aliphatic heterocycles. The Bertz CT molecular complexity index is 545. The molecule has 0 amide bonds. The van der Waals surface area contributed by atoms with Crippen molar-refractivity contribution in [1.29, 1.82) is 0 Å². The van der Waals surface area contributed by atoms with Crippen LogP contribution in [0.3, 0.4) is 0 Å². The fourth-order valence-corrected chi connectivity index (χ4v) is 3.81. The number of nitrogens with zero attached hydrogens (tertiary/aromatic N) is 3. The van der Waals surface area contributed by atoms with E-state index in [0.717, 1.165) is 51.9 Å². The average molecular weight is 306 g/mol. The third kappa shape index (κ3) is 3.28. The van der Waals surface area contributed by atoms with Crippen molar-refractivity contribution in [2.75, 3.05) is 38.6 Å². The lowest BCUT2D eigenvalue weighted by Gasteiger charge is -2.48. The predicted octanol–water partition coefficient (Wildman–Crippen LogP) is 1.65. The van der Waals surface area contributed by atoms with E-state index >= 15 is 0 Å². The topological polar surface area (TPSA) is 64.3 Å². The van der Waals surface area contributed by atoms with Gasteiger partial charge in [0.25, 0.3) is 0 Å². The van der Waals surface area contributed by atoms with E-state index in [1.165, 1.54) is 0 Å². The number of ether oxygens (including phenoxy) is 1. The second kappa shape index (κ2) is 6.30. The first-order chi connectivity index (χ1) is 10.6. The number of anilines is 1. The molecule has 1 saturated carbocycles. The SMILES string of the molecule is C=CCN1CCOCC2(CC(Cc3nc(N)ncc3F)C2)C1. The Morgan fingerprint density at radius 3 is 3.14 bits per heavy atom. The summed E-state index contributed by atoms with van der Waals surface area (Å²) in [5, 5.41) is 0. The lowest BCUT2D eigenvalue weighted by molar-refractivity contribution is -0.0291. The molecule has 2 fully saturated rings. The smallest absolute Gasteiger partial charge is 0.220 e. The van der Waals surface area contributed by atoms with Crippen LogP contribution < -0.4 is 5.73 Å². The molecule has 1 saturated heterocycles. The third-order valence-electron chi connectivity index (χ3n) is 4.67. The zero-order valence-electron chi connectivity index (χ0n) is 12.8. The van der Waals surface area contributed by atoms with E-state index < -0.39 is 0 Å². The van der Waals surface area contributed by atoms with Gasteiger partial charge in [-0.25, -0.2) is 14.4 Å². The van der Waals surface area contributed by atoms with Crippen molar-refractivity contribution in [3.63, 3.8) is 0 Å². The van der Waals surface area contributed by atoms with E-state index in [0.29, 0.717) is 18.0 Å². The fourth-order valence-electron chi connectivity index (χ4n) is 3.81. The molecule has 3 rings (SSSR count). The molecule has 1 spiro atoms. The third-order valence-corrected chi connectivity index (χ3v) is 4.67. The quantitative estimate of drug-likeness (QED) is 0.857. The molecule has 2 N–H and O–H groups in total. The first kappa shape index (κ1) is 15.4. The Morgan fingerprint density at radius 2 is 2.36 bits per heavy atom. The van der Waals surface area contributed by atoms with Crippen LogP contribution in [0.5, 0.6) is 0 Å². The highest BCUT2D eigenvalue weighted by atomic mass is 19.1. The van der Waals surface area contributed by atoms with E-state index in [1.807, 2.05) is 6.08 Å². The van der Waals surface area contributed by atoms with Crippen molar-refractivity contribution >= 4 is 5.95 Å². The summed E-state index contributed by atoms with van der Waals surface area (Å²) in [6, 6.07) is 0. The molecule has 22 heavy (non-hydrogen) atoms. The Balaban J connectivity index is 1.60. The molecule has 0 bridgehead atoms. The largest absolute Gasteiger partial charge is 0.379 e. The maximum atomic E-state index is 13.7. The van der Waals surface area contributed by atoms with Gasteiger partial charge >= 0.3 is 0 Å². The lowest BCUT2D eigenvalue weighted by Crippen LogP contribution is -2.48. The highest BCUT2D eigenvalue weighted by Crippen LogP contribution is 2.48. The van der Waals surface area contributed by atoms with Crippen LogP contribution in [0.1, 0.15) is 18.5 Å². The standard InChI is InChI=1S/C16H23FN4O/c1-2-3-21-4-5-22-11-16(10-21)7-12(8-16)6-14-13(17)9-19-15(18)20-14/h2,9,12H,1,3-8,10-11H2,(H2,18,19,20). The summed E-state index contributed by atoms with van der Waals surface area (Å²) < 4.78 is 19.5. The molecule has 120 valence electrons. The summed E-state index contributed by atoms with van der Waals surface area (Å²) in [5.41, 5.74) is 6.19. The highest BCUT2D eigenvalue weighted by Gasteiger charge is 2.46. The second-order valence-electron chi connectivity index (χ2n) is 6.58. The highest BCUT2D eigenvalue weighted by molar-refractivity contribution is 5.19. The van der Waals surface area contributed by atoms with Crippen molar-refractivity contribution in [1.82, 2.24) is 14.9 Å².